The molecule has 0 radical (unpaired) electrons. The van der Waals surface area contributed by atoms with Crippen molar-refractivity contribution in [3.63, 3.8) is 0 Å². The topological polar surface area (TPSA) is 18.5 Å². The zero-order chi connectivity index (χ0) is 12.2. The smallest absolute Gasteiger partial charge is 0.371 e. The summed E-state index contributed by atoms with van der Waals surface area (Å²) in [5, 5.41) is 1.26. The maximum Gasteiger partial charge on any atom is 0.371 e. The van der Waals surface area contributed by atoms with E-state index in [4.69, 9.17) is 8.85 Å². The predicted octanol–water partition coefficient (Wildman–Crippen LogP) is 3.25. The third-order valence-electron chi connectivity index (χ3n) is 2.26. The van der Waals surface area contributed by atoms with E-state index in [1.807, 2.05) is 13.8 Å². The first kappa shape index (κ1) is 14.9. The van der Waals surface area contributed by atoms with Crippen molar-refractivity contribution in [2.45, 2.75) is 20.4 Å². The largest absolute Gasteiger partial charge is 0.391 e. The Morgan fingerprint density at radius 1 is 1.06 bits per heavy atom. The Morgan fingerprint density at radius 3 is 1.88 bits per heavy atom. The minimum absolute atomic E-state index is 0.698. The van der Waals surface area contributed by atoms with Crippen molar-refractivity contribution in [2.75, 3.05) is 13.2 Å². The van der Waals surface area contributed by atoms with E-state index in [0.717, 1.165) is 0 Å². The first-order valence-corrected chi connectivity index (χ1v) is 9.75. The third kappa shape index (κ3) is 3.41. The van der Waals surface area contributed by atoms with Gasteiger partial charge >= 0.3 is 8.56 Å². The molecule has 0 atom stereocenters. The van der Waals surface area contributed by atoms with Crippen LogP contribution in [-0.2, 0) is 8.85 Å². The van der Waals surface area contributed by atoms with Crippen molar-refractivity contribution < 1.29 is 8.85 Å². The maximum atomic E-state index is 5.92. The molecule has 0 N–H and O–H groups in total. The van der Waals surface area contributed by atoms with Gasteiger partial charge in [-0.05, 0) is 77.7 Å². The predicted molar refractivity (Wildman–Crippen MR) is 86.4 cm³/mol. The Balaban J connectivity index is 3.19. The lowest BCUT2D eigenvalue weighted by Gasteiger charge is -2.28. The second kappa shape index (κ2) is 6.67. The first-order chi connectivity index (χ1) is 7.55. The summed E-state index contributed by atoms with van der Waals surface area (Å²) in [4.78, 5) is 0. The highest BCUT2D eigenvalue weighted by atomic mass is 127. The van der Waals surface area contributed by atoms with Gasteiger partial charge in [-0.2, -0.15) is 0 Å². The average Bonchev–Trinajstić information content (AvgIpc) is 2.17. The zero-order valence-electron chi connectivity index (χ0n) is 9.72. The molecule has 0 fully saturated rings. The van der Waals surface area contributed by atoms with Crippen LogP contribution in [0, 0.1) is 7.14 Å². The van der Waals surface area contributed by atoms with Crippen LogP contribution in [-0.4, -0.2) is 21.8 Å². The standard InChI is InChI=1S/C11H16I2O2Si/c1-4-14-16(3,15-5-2)11-9(12)7-6-8-10(11)13/h6-8H,4-5H2,1-3H3. The van der Waals surface area contributed by atoms with Gasteiger partial charge in [0.2, 0.25) is 0 Å². The van der Waals surface area contributed by atoms with Crippen molar-refractivity contribution in [3.05, 3.63) is 25.3 Å². The summed E-state index contributed by atoms with van der Waals surface area (Å²) in [5.41, 5.74) is 0. The summed E-state index contributed by atoms with van der Waals surface area (Å²) in [6.45, 7) is 7.56. The Kier molecular flexibility index (Phi) is 6.20. The van der Waals surface area contributed by atoms with E-state index >= 15 is 0 Å². The molecule has 1 aromatic carbocycles. The normalized spacial score (nSPS) is 11.8. The molecule has 1 rings (SSSR count). The van der Waals surface area contributed by atoms with Crippen molar-refractivity contribution in [3.8, 4) is 0 Å². The monoisotopic (exact) mass is 462 g/mol. The van der Waals surface area contributed by atoms with E-state index < -0.39 is 8.56 Å². The van der Waals surface area contributed by atoms with Crippen LogP contribution in [0.2, 0.25) is 6.55 Å². The van der Waals surface area contributed by atoms with E-state index in [-0.39, 0.29) is 0 Å². The molecule has 2 nitrogen and oxygen atoms in total. The Labute approximate surface area is 126 Å². The molecule has 0 aliphatic heterocycles. The maximum absolute atomic E-state index is 5.92. The molecule has 0 bridgehead atoms. The summed E-state index contributed by atoms with van der Waals surface area (Å²) in [6, 6.07) is 6.29. The Bertz CT molecular complexity index is 332. The molecule has 1 aromatic rings. The van der Waals surface area contributed by atoms with Gasteiger partial charge in [0.15, 0.2) is 0 Å². The summed E-state index contributed by atoms with van der Waals surface area (Å²) < 4.78 is 14.3. The zero-order valence-corrected chi connectivity index (χ0v) is 15.0. The summed E-state index contributed by atoms with van der Waals surface area (Å²) in [7, 11) is -2.23. The fourth-order valence-corrected chi connectivity index (χ4v) is 8.63. The van der Waals surface area contributed by atoms with Crippen LogP contribution in [0.5, 0.6) is 0 Å². The van der Waals surface area contributed by atoms with Crippen LogP contribution in [0.15, 0.2) is 18.2 Å². The second-order valence-corrected chi connectivity index (χ2v) is 8.70. The summed E-state index contributed by atoms with van der Waals surface area (Å²) >= 11 is 4.72. The molecule has 0 heterocycles. The lowest BCUT2D eigenvalue weighted by Crippen LogP contribution is -2.53. The van der Waals surface area contributed by atoms with Crippen LogP contribution < -0.4 is 5.19 Å². The van der Waals surface area contributed by atoms with Gasteiger partial charge < -0.3 is 8.85 Å². The van der Waals surface area contributed by atoms with Crippen LogP contribution in [0.25, 0.3) is 0 Å². The molecule has 0 aromatic heterocycles. The quantitative estimate of drug-likeness (QED) is 0.495. The van der Waals surface area contributed by atoms with E-state index in [1.54, 1.807) is 0 Å². The minimum Gasteiger partial charge on any atom is -0.391 e. The molecular formula is C11H16I2O2Si. The first-order valence-electron chi connectivity index (χ1n) is 5.27. The third-order valence-corrected chi connectivity index (χ3v) is 8.20. The van der Waals surface area contributed by atoms with Crippen molar-refractivity contribution in [2.24, 2.45) is 0 Å². The Hall–Kier alpha value is 0.817. The lowest BCUT2D eigenvalue weighted by atomic mass is 10.4. The SMILES string of the molecule is CCO[Si](C)(OCC)c1c(I)cccc1I. The lowest BCUT2D eigenvalue weighted by molar-refractivity contribution is 0.202. The number of rotatable bonds is 5. The van der Waals surface area contributed by atoms with Gasteiger partial charge in [0.25, 0.3) is 0 Å². The molecule has 0 spiro atoms. The molecule has 0 unspecified atom stereocenters. The number of halogens is 2. The molecule has 0 amide bonds. The van der Waals surface area contributed by atoms with Gasteiger partial charge in [0.1, 0.15) is 0 Å². The van der Waals surface area contributed by atoms with E-state index in [2.05, 4.69) is 69.9 Å². The molecule has 0 saturated carbocycles. The fraction of sp³-hybridized carbons (Fsp3) is 0.455. The van der Waals surface area contributed by atoms with Gasteiger partial charge in [-0.15, -0.1) is 0 Å². The molecule has 16 heavy (non-hydrogen) atoms. The highest BCUT2D eigenvalue weighted by Gasteiger charge is 2.37. The van der Waals surface area contributed by atoms with Gasteiger partial charge in [-0.25, -0.2) is 0 Å². The average molecular weight is 462 g/mol. The molecule has 0 saturated heterocycles. The van der Waals surface area contributed by atoms with Gasteiger partial charge in [0, 0.05) is 25.5 Å². The van der Waals surface area contributed by atoms with Gasteiger partial charge in [-0.3, -0.25) is 0 Å². The molecule has 0 aliphatic carbocycles. The minimum atomic E-state index is -2.23. The van der Waals surface area contributed by atoms with Crippen molar-refractivity contribution >= 4 is 58.9 Å². The van der Waals surface area contributed by atoms with Crippen LogP contribution in [0.1, 0.15) is 13.8 Å². The van der Waals surface area contributed by atoms with E-state index in [9.17, 15) is 0 Å². The van der Waals surface area contributed by atoms with Gasteiger partial charge in [0.05, 0.1) is 0 Å². The van der Waals surface area contributed by atoms with Gasteiger partial charge in [-0.1, -0.05) is 6.07 Å². The number of hydrogen-bond acceptors (Lipinski definition) is 2. The van der Waals surface area contributed by atoms with Crippen molar-refractivity contribution in [1.29, 1.82) is 0 Å². The molecule has 90 valence electrons. The van der Waals surface area contributed by atoms with Crippen LogP contribution >= 0.6 is 45.2 Å². The highest BCUT2D eigenvalue weighted by Crippen LogP contribution is 2.17. The molecular weight excluding hydrogens is 446 g/mol. The van der Waals surface area contributed by atoms with E-state index in [0.29, 0.717) is 13.2 Å². The summed E-state index contributed by atoms with van der Waals surface area (Å²) in [5.74, 6) is 0. The second-order valence-electron chi connectivity index (χ2n) is 3.41. The summed E-state index contributed by atoms with van der Waals surface area (Å²) in [6.07, 6.45) is 0. The van der Waals surface area contributed by atoms with Crippen LogP contribution in [0.4, 0.5) is 0 Å². The molecule has 0 aliphatic rings. The molecule has 5 heteroatoms. The van der Waals surface area contributed by atoms with Crippen LogP contribution in [0.3, 0.4) is 0 Å². The number of hydrogen-bond donors (Lipinski definition) is 0. The van der Waals surface area contributed by atoms with Crippen molar-refractivity contribution in [1.82, 2.24) is 0 Å². The van der Waals surface area contributed by atoms with E-state index in [1.165, 1.54) is 12.3 Å². The highest BCUT2D eigenvalue weighted by molar-refractivity contribution is 14.1. The Morgan fingerprint density at radius 2 is 1.50 bits per heavy atom. The number of benzene rings is 1. The fourth-order valence-electron chi connectivity index (χ4n) is 1.67.